The van der Waals surface area contributed by atoms with Crippen LogP contribution in [0, 0.1) is 5.82 Å². The third-order valence-electron chi connectivity index (χ3n) is 4.12. The first-order chi connectivity index (χ1) is 11.8. The third-order valence-corrected chi connectivity index (χ3v) is 4.41. The number of rotatable bonds is 3. The normalized spacial score (nSPS) is 11.1. The first-order valence-electron chi connectivity index (χ1n) is 7.64. The standard InChI is InChI=1S/C17H16ClFN4O2/c1-4-9-8-20-15-13(16(24)23(3)17(25)22(15)2)14(9)21-10-5-6-12(19)11(18)7-10/h5-8H,4H2,1-3H3,(H,20,21). The summed E-state index contributed by atoms with van der Waals surface area (Å²) in [6.45, 7) is 1.93. The molecule has 3 rings (SSSR count). The fourth-order valence-corrected chi connectivity index (χ4v) is 2.88. The molecule has 130 valence electrons. The van der Waals surface area contributed by atoms with Crippen LogP contribution >= 0.6 is 11.6 Å². The van der Waals surface area contributed by atoms with Gasteiger partial charge in [-0.2, -0.15) is 0 Å². The van der Waals surface area contributed by atoms with Gasteiger partial charge in [-0.1, -0.05) is 18.5 Å². The molecule has 0 aliphatic carbocycles. The Balaban J connectivity index is 2.34. The average molecular weight is 363 g/mol. The van der Waals surface area contributed by atoms with Gasteiger partial charge in [0.25, 0.3) is 5.56 Å². The highest BCUT2D eigenvalue weighted by atomic mass is 35.5. The van der Waals surface area contributed by atoms with E-state index in [1.807, 2.05) is 6.92 Å². The Bertz CT molecular complexity index is 1100. The molecule has 0 saturated carbocycles. The van der Waals surface area contributed by atoms with Crippen LogP contribution in [0.3, 0.4) is 0 Å². The Hall–Kier alpha value is -2.67. The molecule has 25 heavy (non-hydrogen) atoms. The van der Waals surface area contributed by atoms with Crippen LogP contribution in [-0.4, -0.2) is 14.1 Å². The van der Waals surface area contributed by atoms with Crippen LogP contribution in [0.1, 0.15) is 12.5 Å². The van der Waals surface area contributed by atoms with E-state index in [0.717, 1.165) is 10.1 Å². The van der Waals surface area contributed by atoms with Gasteiger partial charge in [0.05, 0.1) is 10.7 Å². The van der Waals surface area contributed by atoms with Crippen molar-refractivity contribution in [2.75, 3.05) is 5.32 Å². The second-order valence-corrected chi connectivity index (χ2v) is 6.08. The minimum absolute atomic E-state index is 0.0262. The molecule has 0 spiro atoms. The van der Waals surface area contributed by atoms with Crippen molar-refractivity contribution >= 4 is 34.0 Å². The van der Waals surface area contributed by atoms with E-state index in [0.29, 0.717) is 23.2 Å². The maximum atomic E-state index is 13.4. The van der Waals surface area contributed by atoms with Crippen molar-refractivity contribution in [3.63, 3.8) is 0 Å². The summed E-state index contributed by atoms with van der Waals surface area (Å²) in [5, 5.41) is 3.40. The van der Waals surface area contributed by atoms with Crippen molar-refractivity contribution in [2.45, 2.75) is 13.3 Å². The van der Waals surface area contributed by atoms with Crippen molar-refractivity contribution in [3.05, 3.63) is 61.6 Å². The van der Waals surface area contributed by atoms with Crippen molar-refractivity contribution < 1.29 is 4.39 Å². The molecular formula is C17H16ClFN4O2. The lowest BCUT2D eigenvalue weighted by molar-refractivity contribution is 0.628. The number of halogens is 2. The average Bonchev–Trinajstić information content (AvgIpc) is 2.60. The first-order valence-corrected chi connectivity index (χ1v) is 8.02. The van der Waals surface area contributed by atoms with Gasteiger partial charge in [-0.05, 0) is 30.2 Å². The van der Waals surface area contributed by atoms with E-state index in [2.05, 4.69) is 10.3 Å². The molecule has 0 fully saturated rings. The molecule has 2 aromatic heterocycles. The number of pyridine rings is 1. The molecule has 2 heterocycles. The summed E-state index contributed by atoms with van der Waals surface area (Å²) in [5.74, 6) is -0.527. The molecule has 1 N–H and O–H groups in total. The molecule has 0 aliphatic rings. The number of hydrogen-bond donors (Lipinski definition) is 1. The van der Waals surface area contributed by atoms with E-state index in [4.69, 9.17) is 11.6 Å². The van der Waals surface area contributed by atoms with E-state index in [-0.39, 0.29) is 10.7 Å². The number of aryl methyl sites for hydroxylation is 2. The first kappa shape index (κ1) is 17.2. The fourth-order valence-electron chi connectivity index (χ4n) is 2.70. The Kier molecular flexibility index (Phi) is 4.34. The molecule has 1 aromatic carbocycles. The highest BCUT2D eigenvalue weighted by molar-refractivity contribution is 6.31. The van der Waals surface area contributed by atoms with E-state index in [1.54, 1.807) is 13.2 Å². The largest absolute Gasteiger partial charge is 0.354 e. The van der Waals surface area contributed by atoms with Crippen LogP contribution in [0.4, 0.5) is 15.8 Å². The van der Waals surface area contributed by atoms with Gasteiger partial charge in [0, 0.05) is 26.0 Å². The minimum atomic E-state index is -0.527. The van der Waals surface area contributed by atoms with Gasteiger partial charge in [-0.25, -0.2) is 14.2 Å². The molecule has 0 saturated heterocycles. The number of benzene rings is 1. The Morgan fingerprint density at radius 1 is 1.24 bits per heavy atom. The quantitative estimate of drug-likeness (QED) is 0.777. The monoisotopic (exact) mass is 362 g/mol. The summed E-state index contributed by atoms with van der Waals surface area (Å²) in [5.41, 5.74) is 1.24. The SMILES string of the molecule is CCc1cnc2c(c1Nc1ccc(F)c(Cl)c1)c(=O)n(C)c(=O)n2C. The van der Waals surface area contributed by atoms with Gasteiger partial charge in [-0.15, -0.1) is 0 Å². The van der Waals surface area contributed by atoms with Crippen molar-refractivity contribution in [2.24, 2.45) is 14.1 Å². The molecular weight excluding hydrogens is 347 g/mol. The second-order valence-electron chi connectivity index (χ2n) is 5.67. The number of anilines is 2. The Labute approximate surface area is 147 Å². The molecule has 0 aliphatic heterocycles. The summed E-state index contributed by atoms with van der Waals surface area (Å²) in [7, 11) is 2.97. The minimum Gasteiger partial charge on any atom is -0.354 e. The molecule has 3 aromatic rings. The molecule has 6 nitrogen and oxygen atoms in total. The summed E-state index contributed by atoms with van der Waals surface area (Å²) in [6.07, 6.45) is 2.24. The highest BCUT2D eigenvalue weighted by Gasteiger charge is 2.17. The van der Waals surface area contributed by atoms with Crippen LogP contribution in [-0.2, 0) is 20.5 Å². The summed E-state index contributed by atoms with van der Waals surface area (Å²) in [4.78, 5) is 29.1. The third kappa shape index (κ3) is 2.80. The maximum Gasteiger partial charge on any atom is 0.332 e. The molecule has 0 atom stereocenters. The topological polar surface area (TPSA) is 68.9 Å². The predicted octanol–water partition coefficient (Wildman–Crippen LogP) is 2.73. The highest BCUT2D eigenvalue weighted by Crippen LogP contribution is 2.28. The summed E-state index contributed by atoms with van der Waals surface area (Å²) < 4.78 is 15.7. The summed E-state index contributed by atoms with van der Waals surface area (Å²) in [6, 6.07) is 4.21. The number of nitrogens with one attached hydrogen (secondary N) is 1. The van der Waals surface area contributed by atoms with Crippen LogP contribution in [0.15, 0.2) is 34.0 Å². The van der Waals surface area contributed by atoms with Crippen molar-refractivity contribution in [1.82, 2.24) is 14.1 Å². The number of fused-ring (bicyclic) bond motifs is 1. The number of nitrogens with zero attached hydrogens (tertiary/aromatic N) is 3. The fraction of sp³-hybridized carbons (Fsp3) is 0.235. The maximum absolute atomic E-state index is 13.4. The number of hydrogen-bond acceptors (Lipinski definition) is 4. The summed E-state index contributed by atoms with van der Waals surface area (Å²) >= 11 is 5.84. The zero-order valence-electron chi connectivity index (χ0n) is 13.9. The Morgan fingerprint density at radius 3 is 2.60 bits per heavy atom. The van der Waals surface area contributed by atoms with E-state index >= 15 is 0 Å². The van der Waals surface area contributed by atoms with Gasteiger partial charge < -0.3 is 5.32 Å². The molecule has 0 bridgehead atoms. The van der Waals surface area contributed by atoms with Crippen LogP contribution < -0.4 is 16.6 Å². The van der Waals surface area contributed by atoms with E-state index in [9.17, 15) is 14.0 Å². The smallest absolute Gasteiger partial charge is 0.332 e. The van der Waals surface area contributed by atoms with Crippen molar-refractivity contribution in [1.29, 1.82) is 0 Å². The zero-order chi connectivity index (χ0) is 18.3. The molecule has 0 radical (unpaired) electrons. The van der Waals surface area contributed by atoms with Crippen LogP contribution in [0.2, 0.25) is 5.02 Å². The zero-order valence-corrected chi connectivity index (χ0v) is 14.7. The molecule has 8 heteroatoms. The predicted molar refractivity (Wildman–Crippen MR) is 96.3 cm³/mol. The lowest BCUT2D eigenvalue weighted by atomic mass is 10.1. The van der Waals surface area contributed by atoms with Gasteiger partial charge in [0.1, 0.15) is 11.2 Å². The van der Waals surface area contributed by atoms with Crippen LogP contribution in [0.25, 0.3) is 11.0 Å². The number of aromatic nitrogens is 3. The van der Waals surface area contributed by atoms with Crippen molar-refractivity contribution in [3.8, 4) is 0 Å². The Morgan fingerprint density at radius 2 is 1.96 bits per heavy atom. The van der Waals surface area contributed by atoms with Gasteiger partial charge >= 0.3 is 5.69 Å². The second kappa shape index (κ2) is 6.33. The lowest BCUT2D eigenvalue weighted by Gasteiger charge is -2.16. The van der Waals surface area contributed by atoms with Gasteiger partial charge in [0.2, 0.25) is 0 Å². The molecule has 0 amide bonds. The van der Waals surface area contributed by atoms with Gasteiger partial charge in [-0.3, -0.25) is 13.9 Å². The van der Waals surface area contributed by atoms with Crippen LogP contribution in [0.5, 0.6) is 0 Å². The van der Waals surface area contributed by atoms with E-state index < -0.39 is 17.1 Å². The van der Waals surface area contributed by atoms with Gasteiger partial charge in [0.15, 0.2) is 5.65 Å². The van der Waals surface area contributed by atoms with E-state index in [1.165, 1.54) is 29.8 Å². The molecule has 0 unspecified atom stereocenters. The lowest BCUT2D eigenvalue weighted by Crippen LogP contribution is -2.37.